The number of rotatable bonds is 9. The van der Waals surface area contributed by atoms with Gasteiger partial charge in [0, 0.05) is 5.56 Å². The molecule has 0 spiro atoms. The van der Waals surface area contributed by atoms with Gasteiger partial charge >= 0.3 is 0 Å². The Kier molecular flexibility index (Phi) is 9.01. The van der Waals surface area contributed by atoms with Crippen molar-refractivity contribution in [2.45, 2.75) is 40.2 Å². The van der Waals surface area contributed by atoms with Crippen molar-refractivity contribution in [1.82, 2.24) is 9.66 Å². The predicted molar refractivity (Wildman–Crippen MR) is 174 cm³/mol. The van der Waals surface area contributed by atoms with Gasteiger partial charge in [-0.1, -0.05) is 38.1 Å². The molecule has 0 aliphatic carbocycles. The van der Waals surface area contributed by atoms with E-state index in [2.05, 4.69) is 47.6 Å². The van der Waals surface area contributed by atoms with Crippen LogP contribution in [0.2, 0.25) is 0 Å². The molecule has 8 heteroatoms. The first-order valence-electron chi connectivity index (χ1n) is 13.8. The lowest BCUT2D eigenvalue weighted by Crippen LogP contribution is -2.21. The number of ether oxygens (including phenoxy) is 2. The van der Waals surface area contributed by atoms with Crippen LogP contribution in [0.25, 0.3) is 22.3 Å². The average molecular weight is 676 g/mol. The van der Waals surface area contributed by atoms with E-state index in [1.54, 1.807) is 24.4 Å². The highest BCUT2D eigenvalue weighted by Gasteiger charge is 2.18. The maximum absolute atomic E-state index is 13.7. The number of para-hydroxylation sites is 1. The van der Waals surface area contributed by atoms with Gasteiger partial charge < -0.3 is 9.47 Å². The van der Waals surface area contributed by atoms with Crippen LogP contribution in [-0.4, -0.2) is 22.5 Å². The van der Waals surface area contributed by atoms with Crippen molar-refractivity contribution in [2.24, 2.45) is 5.10 Å². The summed E-state index contributed by atoms with van der Waals surface area (Å²) >= 11 is 2.21. The standard InChI is InChI=1S/C34H31FIN3O3/c1-5-41-32-16-22(4)28(18-27(32)21(2)3)33-38-30-9-7-6-8-26(30)34(40)39(33)37-19-24-12-15-31(29(36)17-24)42-20-23-10-13-25(35)14-11-23/h6-19,21H,5,20H2,1-4H3. The van der Waals surface area contributed by atoms with Gasteiger partial charge in [-0.05, 0) is 119 Å². The van der Waals surface area contributed by atoms with Gasteiger partial charge in [0.25, 0.3) is 5.56 Å². The number of nitrogens with zero attached hydrogens (tertiary/aromatic N) is 3. The molecular formula is C34H31FIN3O3. The van der Waals surface area contributed by atoms with Crippen molar-refractivity contribution in [3.8, 4) is 22.9 Å². The van der Waals surface area contributed by atoms with Crippen LogP contribution in [-0.2, 0) is 6.61 Å². The van der Waals surface area contributed by atoms with E-state index >= 15 is 0 Å². The molecule has 0 N–H and O–H groups in total. The first kappa shape index (κ1) is 29.4. The van der Waals surface area contributed by atoms with Crippen LogP contribution in [0.4, 0.5) is 4.39 Å². The normalized spacial score (nSPS) is 11.5. The SMILES string of the molecule is CCOc1cc(C)c(-c2nc3ccccc3c(=O)n2N=Cc2ccc(OCc3ccc(F)cc3)c(I)c2)cc1C(C)C. The second-order valence-electron chi connectivity index (χ2n) is 10.2. The summed E-state index contributed by atoms with van der Waals surface area (Å²) in [5.41, 5.74) is 4.83. The molecule has 0 radical (unpaired) electrons. The van der Waals surface area contributed by atoms with Gasteiger partial charge in [-0.15, -0.1) is 0 Å². The smallest absolute Gasteiger partial charge is 0.282 e. The number of halogens is 2. The first-order chi connectivity index (χ1) is 20.2. The molecular weight excluding hydrogens is 644 g/mol. The van der Waals surface area contributed by atoms with Crippen LogP contribution < -0.4 is 15.0 Å². The summed E-state index contributed by atoms with van der Waals surface area (Å²) in [6.45, 7) is 9.08. The highest BCUT2D eigenvalue weighted by atomic mass is 127. The molecule has 5 rings (SSSR count). The van der Waals surface area contributed by atoms with Crippen molar-refractivity contribution in [3.05, 3.63) is 121 Å². The van der Waals surface area contributed by atoms with E-state index in [0.717, 1.165) is 37.1 Å². The fourth-order valence-corrected chi connectivity index (χ4v) is 5.35. The lowest BCUT2D eigenvalue weighted by molar-refractivity contribution is 0.304. The van der Waals surface area contributed by atoms with Crippen LogP contribution in [0.5, 0.6) is 11.5 Å². The van der Waals surface area contributed by atoms with E-state index in [1.807, 2.05) is 56.3 Å². The Morgan fingerprint density at radius 2 is 1.76 bits per heavy atom. The van der Waals surface area contributed by atoms with Crippen molar-refractivity contribution in [2.75, 3.05) is 6.61 Å². The molecule has 0 fully saturated rings. The van der Waals surface area contributed by atoms with Gasteiger partial charge in [-0.2, -0.15) is 9.78 Å². The summed E-state index contributed by atoms with van der Waals surface area (Å²) in [7, 11) is 0. The number of aromatic nitrogens is 2. The quantitative estimate of drug-likeness (QED) is 0.117. The van der Waals surface area contributed by atoms with E-state index in [4.69, 9.17) is 14.5 Å². The van der Waals surface area contributed by atoms with Gasteiger partial charge in [0.1, 0.15) is 23.9 Å². The molecule has 1 aromatic heterocycles. The molecule has 1 heterocycles. The Bertz CT molecular complexity index is 1830. The van der Waals surface area contributed by atoms with Crippen molar-refractivity contribution in [1.29, 1.82) is 0 Å². The summed E-state index contributed by atoms with van der Waals surface area (Å²) in [6, 6.07) is 23.3. The van der Waals surface area contributed by atoms with Gasteiger partial charge in [0.2, 0.25) is 0 Å². The van der Waals surface area contributed by atoms with Crippen LogP contribution in [0.15, 0.2) is 88.8 Å². The second kappa shape index (κ2) is 12.9. The molecule has 0 saturated heterocycles. The molecule has 0 bridgehead atoms. The topological polar surface area (TPSA) is 65.7 Å². The third kappa shape index (κ3) is 6.38. The van der Waals surface area contributed by atoms with Gasteiger partial charge in [-0.25, -0.2) is 9.37 Å². The molecule has 4 aromatic carbocycles. The summed E-state index contributed by atoms with van der Waals surface area (Å²) in [4.78, 5) is 18.7. The molecule has 214 valence electrons. The Morgan fingerprint density at radius 3 is 2.48 bits per heavy atom. The van der Waals surface area contributed by atoms with E-state index in [1.165, 1.54) is 16.8 Å². The van der Waals surface area contributed by atoms with Crippen molar-refractivity contribution >= 4 is 39.7 Å². The van der Waals surface area contributed by atoms with E-state index in [-0.39, 0.29) is 17.3 Å². The number of hydrogen-bond donors (Lipinski definition) is 0. The minimum atomic E-state index is -0.279. The average Bonchev–Trinajstić information content (AvgIpc) is 2.97. The molecule has 0 aliphatic heterocycles. The van der Waals surface area contributed by atoms with Crippen LogP contribution in [0.1, 0.15) is 48.9 Å². The Morgan fingerprint density at radius 1 is 1.00 bits per heavy atom. The lowest BCUT2D eigenvalue weighted by Gasteiger charge is -2.18. The molecule has 6 nitrogen and oxygen atoms in total. The van der Waals surface area contributed by atoms with E-state index < -0.39 is 0 Å². The Balaban J connectivity index is 1.53. The summed E-state index contributed by atoms with van der Waals surface area (Å²) in [6.07, 6.45) is 1.65. The Hall–Kier alpha value is -4.05. The number of aryl methyl sites for hydroxylation is 1. The first-order valence-corrected chi connectivity index (χ1v) is 14.8. The third-order valence-corrected chi connectivity index (χ3v) is 7.70. The summed E-state index contributed by atoms with van der Waals surface area (Å²) < 4.78 is 27.3. The van der Waals surface area contributed by atoms with Crippen LogP contribution >= 0.6 is 22.6 Å². The monoisotopic (exact) mass is 675 g/mol. The number of hydrogen-bond acceptors (Lipinski definition) is 5. The maximum Gasteiger partial charge on any atom is 0.282 e. The zero-order valence-electron chi connectivity index (χ0n) is 23.9. The molecule has 0 atom stereocenters. The minimum absolute atomic E-state index is 0.209. The largest absolute Gasteiger partial charge is 0.494 e. The molecule has 42 heavy (non-hydrogen) atoms. The molecule has 0 saturated carbocycles. The zero-order valence-corrected chi connectivity index (χ0v) is 26.1. The molecule has 0 amide bonds. The van der Waals surface area contributed by atoms with E-state index in [9.17, 15) is 9.18 Å². The summed E-state index contributed by atoms with van der Waals surface area (Å²) in [5.74, 6) is 1.93. The molecule has 0 unspecified atom stereocenters. The Labute approximate surface area is 258 Å². The van der Waals surface area contributed by atoms with Crippen molar-refractivity contribution < 1.29 is 13.9 Å². The zero-order chi connectivity index (χ0) is 29.8. The second-order valence-corrected chi connectivity index (χ2v) is 11.4. The summed E-state index contributed by atoms with van der Waals surface area (Å²) in [5, 5.41) is 5.15. The highest BCUT2D eigenvalue weighted by molar-refractivity contribution is 14.1. The van der Waals surface area contributed by atoms with Crippen LogP contribution in [0.3, 0.4) is 0 Å². The molecule has 0 aliphatic rings. The van der Waals surface area contributed by atoms with E-state index in [0.29, 0.717) is 35.7 Å². The third-order valence-electron chi connectivity index (χ3n) is 6.86. The van der Waals surface area contributed by atoms with Crippen LogP contribution in [0, 0.1) is 16.3 Å². The predicted octanol–water partition coefficient (Wildman–Crippen LogP) is 8.10. The van der Waals surface area contributed by atoms with Gasteiger partial charge in [0.15, 0.2) is 5.82 Å². The lowest BCUT2D eigenvalue weighted by atomic mass is 9.96. The van der Waals surface area contributed by atoms with Crippen molar-refractivity contribution in [3.63, 3.8) is 0 Å². The fourth-order valence-electron chi connectivity index (χ4n) is 4.66. The minimum Gasteiger partial charge on any atom is -0.494 e. The molecule has 5 aromatic rings. The van der Waals surface area contributed by atoms with Gasteiger partial charge in [0.05, 0.1) is 27.3 Å². The van der Waals surface area contributed by atoms with Gasteiger partial charge in [-0.3, -0.25) is 4.79 Å². The fraction of sp³-hybridized carbons (Fsp3) is 0.206. The number of benzene rings is 4. The number of fused-ring (bicyclic) bond motifs is 1. The highest BCUT2D eigenvalue weighted by Crippen LogP contribution is 2.34. The maximum atomic E-state index is 13.7.